The molecule has 0 spiro atoms. The van der Waals surface area contributed by atoms with E-state index in [1.807, 2.05) is 30.3 Å². The molecule has 0 aromatic heterocycles. The number of fused-ring (bicyclic) bond motifs is 6. The monoisotopic (exact) mass is 648 g/mol. The van der Waals surface area contributed by atoms with Gasteiger partial charge in [0.25, 0.3) is 11.4 Å². The quantitative estimate of drug-likeness (QED) is 0.106. The molecule has 7 rings (SSSR count). The highest BCUT2D eigenvalue weighted by Crippen LogP contribution is 2.54. The molecule has 0 bridgehead atoms. The molecule has 0 radical (unpaired) electrons. The fourth-order valence-electron chi connectivity index (χ4n) is 6.61. The summed E-state index contributed by atoms with van der Waals surface area (Å²) in [5, 5.41) is 20.0. The molecule has 0 fully saturated rings. The van der Waals surface area contributed by atoms with Crippen LogP contribution in [0.25, 0.3) is 65.3 Å². The van der Waals surface area contributed by atoms with E-state index in [1.165, 1.54) is 12.1 Å². The fourth-order valence-corrected chi connectivity index (χ4v) is 6.61. The summed E-state index contributed by atoms with van der Waals surface area (Å²) in [7, 11) is 0. The molecule has 0 saturated carbocycles. The summed E-state index contributed by atoms with van der Waals surface area (Å²) in [5.74, 6) is -1.75. The van der Waals surface area contributed by atoms with Gasteiger partial charge in [0, 0.05) is 11.1 Å². The Morgan fingerprint density at radius 3 is 1.39 bits per heavy atom. The van der Waals surface area contributed by atoms with Crippen LogP contribution in [0, 0.1) is 54.4 Å². The molecule has 0 saturated heterocycles. The van der Waals surface area contributed by atoms with E-state index in [-0.39, 0.29) is 28.3 Å². The number of allylic oxidation sites excluding steroid dienone is 2. The molecule has 5 aromatic carbocycles. The van der Waals surface area contributed by atoms with Crippen molar-refractivity contribution in [2.75, 3.05) is 0 Å². The van der Waals surface area contributed by atoms with Gasteiger partial charge >= 0.3 is 6.18 Å². The second-order valence-electron chi connectivity index (χ2n) is 11.5. The lowest BCUT2D eigenvalue weighted by Crippen LogP contribution is -2.08. The van der Waals surface area contributed by atoms with Crippen LogP contribution < -0.4 is 0 Å². The van der Waals surface area contributed by atoms with Crippen LogP contribution in [0.1, 0.15) is 33.4 Å². The van der Waals surface area contributed by atoms with Gasteiger partial charge in [-0.2, -0.15) is 13.2 Å². The van der Waals surface area contributed by atoms with Crippen LogP contribution in [0.4, 0.5) is 22.0 Å². The molecule has 2 aliphatic carbocycles. The summed E-state index contributed by atoms with van der Waals surface area (Å²) in [6.07, 6.45) is -4.91. The van der Waals surface area contributed by atoms with Gasteiger partial charge in [0.2, 0.25) is 0 Å². The lowest BCUT2D eigenvalue weighted by molar-refractivity contribution is -0.139. The number of benzene rings is 5. The standard InChI is InChI=1S/C40H17F5N4/c1-20-12-21(6-10-34(20)41)22-4-8-25-27-16-32-28(17-31(27)38(29(25)13-22)36(18-46)48-2)26-9-5-23(14-30(26)39(32)37(19-47)49-3)24-7-11-35(42)33(15-24)40(43,44)45/h4-17H,1H3/b38-36+,39-37+. The molecule has 0 amide bonds. The van der Waals surface area contributed by atoms with Gasteiger partial charge in [0.1, 0.15) is 11.6 Å². The lowest BCUT2D eigenvalue weighted by atomic mass is 9.95. The summed E-state index contributed by atoms with van der Waals surface area (Å²) in [5.41, 5.74) is 5.97. The van der Waals surface area contributed by atoms with Crippen LogP contribution in [-0.2, 0) is 6.18 Å². The van der Waals surface area contributed by atoms with Crippen molar-refractivity contribution in [3.8, 4) is 56.6 Å². The highest BCUT2D eigenvalue weighted by Gasteiger charge is 2.36. The molecule has 4 nitrogen and oxygen atoms in total. The Balaban J connectivity index is 1.46. The number of nitriles is 2. The summed E-state index contributed by atoms with van der Waals surface area (Å²) in [4.78, 5) is 6.98. The third kappa shape index (κ3) is 4.77. The first kappa shape index (κ1) is 30.8. The van der Waals surface area contributed by atoms with Crippen molar-refractivity contribution in [1.29, 1.82) is 10.5 Å². The number of nitrogens with zero attached hydrogens (tertiary/aromatic N) is 4. The molecule has 0 N–H and O–H groups in total. The normalized spacial score (nSPS) is 14.3. The minimum Gasteiger partial charge on any atom is -0.226 e. The Labute approximate surface area is 277 Å². The van der Waals surface area contributed by atoms with Crippen molar-refractivity contribution < 1.29 is 22.0 Å². The minimum atomic E-state index is -4.91. The van der Waals surface area contributed by atoms with Crippen molar-refractivity contribution >= 4 is 11.1 Å². The molecular weight excluding hydrogens is 631 g/mol. The molecule has 0 atom stereocenters. The molecular formula is C40H17F5N4. The number of hydrogen-bond donors (Lipinski definition) is 0. The zero-order chi connectivity index (χ0) is 34.8. The van der Waals surface area contributed by atoms with Gasteiger partial charge in [-0.3, -0.25) is 0 Å². The van der Waals surface area contributed by atoms with Crippen LogP contribution in [-0.4, -0.2) is 0 Å². The maximum atomic E-state index is 14.1. The Morgan fingerprint density at radius 1 is 0.551 bits per heavy atom. The second kappa shape index (κ2) is 11.2. The highest BCUT2D eigenvalue weighted by atomic mass is 19.4. The van der Waals surface area contributed by atoms with Crippen LogP contribution in [0.2, 0.25) is 0 Å². The zero-order valence-corrected chi connectivity index (χ0v) is 25.3. The molecule has 0 unspecified atom stereocenters. The van der Waals surface area contributed by atoms with Crippen molar-refractivity contribution in [3.63, 3.8) is 0 Å². The predicted molar refractivity (Wildman–Crippen MR) is 174 cm³/mol. The van der Waals surface area contributed by atoms with Crippen molar-refractivity contribution in [2.24, 2.45) is 0 Å². The van der Waals surface area contributed by atoms with Gasteiger partial charge in [0.15, 0.2) is 0 Å². The van der Waals surface area contributed by atoms with E-state index in [0.717, 1.165) is 23.3 Å². The van der Waals surface area contributed by atoms with E-state index in [9.17, 15) is 32.5 Å². The number of aryl methyl sites for hydroxylation is 1. The van der Waals surface area contributed by atoms with E-state index >= 15 is 0 Å². The summed E-state index contributed by atoms with van der Waals surface area (Å²) in [6, 6.07) is 25.4. The largest absolute Gasteiger partial charge is 0.419 e. The Bertz CT molecular complexity index is 2530. The molecule has 0 heterocycles. The molecule has 232 valence electrons. The molecule has 2 aliphatic rings. The van der Waals surface area contributed by atoms with Gasteiger partial charge in [-0.05, 0) is 128 Å². The van der Waals surface area contributed by atoms with E-state index in [2.05, 4.69) is 9.69 Å². The first-order chi connectivity index (χ1) is 23.5. The Hall–Kier alpha value is -6.81. The van der Waals surface area contributed by atoms with Gasteiger partial charge in [-0.1, -0.05) is 36.4 Å². The maximum absolute atomic E-state index is 14.1. The first-order valence-corrected chi connectivity index (χ1v) is 14.6. The Kier molecular flexibility index (Phi) is 7.02. The number of halogens is 5. The summed E-state index contributed by atoms with van der Waals surface area (Å²) >= 11 is 0. The summed E-state index contributed by atoms with van der Waals surface area (Å²) in [6.45, 7) is 17.2. The van der Waals surface area contributed by atoms with E-state index in [4.69, 9.17) is 13.1 Å². The number of alkyl halides is 3. The third-order valence-corrected chi connectivity index (χ3v) is 8.86. The van der Waals surface area contributed by atoms with Crippen LogP contribution in [0.5, 0.6) is 0 Å². The molecule has 49 heavy (non-hydrogen) atoms. The van der Waals surface area contributed by atoms with Gasteiger partial charge in [-0.25, -0.2) is 29.0 Å². The van der Waals surface area contributed by atoms with Crippen molar-refractivity contribution in [2.45, 2.75) is 13.1 Å². The first-order valence-electron chi connectivity index (χ1n) is 14.6. The van der Waals surface area contributed by atoms with Crippen molar-refractivity contribution in [3.05, 3.63) is 164 Å². The summed E-state index contributed by atoms with van der Waals surface area (Å²) < 4.78 is 68.7. The van der Waals surface area contributed by atoms with Crippen LogP contribution >= 0.6 is 0 Å². The third-order valence-electron chi connectivity index (χ3n) is 8.86. The predicted octanol–water partition coefficient (Wildman–Crippen LogP) is 11.0. The molecule has 9 heteroatoms. The minimum absolute atomic E-state index is 0.0951. The fraction of sp³-hybridized carbons (Fsp3) is 0.0500. The maximum Gasteiger partial charge on any atom is 0.419 e. The molecule has 5 aromatic rings. The van der Waals surface area contributed by atoms with E-state index < -0.39 is 17.6 Å². The lowest BCUT2D eigenvalue weighted by Gasteiger charge is -2.12. The van der Waals surface area contributed by atoms with Crippen LogP contribution in [0.3, 0.4) is 0 Å². The second-order valence-corrected chi connectivity index (χ2v) is 11.5. The van der Waals surface area contributed by atoms with Gasteiger partial charge < -0.3 is 0 Å². The van der Waals surface area contributed by atoms with E-state index in [1.54, 1.807) is 49.4 Å². The molecule has 0 aliphatic heterocycles. The average Bonchev–Trinajstić information content (AvgIpc) is 3.57. The van der Waals surface area contributed by atoms with Gasteiger partial charge in [0.05, 0.1) is 30.8 Å². The average molecular weight is 649 g/mol. The highest BCUT2D eigenvalue weighted by molar-refractivity contribution is 6.11. The van der Waals surface area contributed by atoms with Crippen LogP contribution in [0.15, 0.2) is 96.3 Å². The van der Waals surface area contributed by atoms with E-state index in [0.29, 0.717) is 61.2 Å². The Morgan fingerprint density at radius 2 is 0.959 bits per heavy atom. The SMILES string of the molecule is [C-]#[N+]/C(C#N)=C1\c2cc(-c3ccc(F)c(C)c3)ccc2-c2cc3c(cc21)-c1ccc(-c2ccc(F)c(C(F)(F)F)c2)cc1/C3=C(/C#N)[N+]#[C-]. The van der Waals surface area contributed by atoms with Crippen molar-refractivity contribution in [1.82, 2.24) is 0 Å². The van der Waals surface area contributed by atoms with Gasteiger partial charge in [-0.15, -0.1) is 0 Å². The number of hydrogen-bond acceptors (Lipinski definition) is 2. The zero-order valence-electron chi connectivity index (χ0n) is 25.3. The topological polar surface area (TPSA) is 56.3 Å². The smallest absolute Gasteiger partial charge is 0.226 e. The number of rotatable bonds is 2.